The van der Waals surface area contributed by atoms with Gasteiger partial charge in [0.2, 0.25) is 0 Å². The Kier molecular flexibility index (Phi) is 2.13. The van der Waals surface area contributed by atoms with Crippen LogP contribution in [0.25, 0.3) is 10.9 Å². The maximum Gasteiger partial charge on any atom is 0.408 e. The van der Waals surface area contributed by atoms with E-state index in [0.29, 0.717) is 10.1 Å². The second-order valence-electron chi connectivity index (χ2n) is 3.10. The number of alkyl halides is 3. The molecule has 1 aromatic heterocycles. The topological polar surface area (TPSA) is 17.8 Å². The summed E-state index contributed by atoms with van der Waals surface area (Å²) >= 11 is 0. The molecule has 1 aromatic carbocycles. The van der Waals surface area contributed by atoms with Gasteiger partial charge in [-0.05, 0) is 6.07 Å². The van der Waals surface area contributed by atoms with Gasteiger partial charge in [0.15, 0.2) is 0 Å². The van der Waals surface area contributed by atoms with Gasteiger partial charge >= 0.3 is 6.18 Å². The summed E-state index contributed by atoms with van der Waals surface area (Å²) in [7, 11) is 0. The molecule has 0 unspecified atom stereocenters. The number of hydrogen-bond donors (Lipinski definition) is 0. The highest BCUT2D eigenvalue weighted by Crippen LogP contribution is 2.22. The fraction of sp³-hybridized carbons (Fsp3) is 0.222. The summed E-state index contributed by atoms with van der Waals surface area (Å²) in [4.78, 5) is 0. The van der Waals surface area contributed by atoms with Crippen LogP contribution >= 0.6 is 0 Å². The number of rotatable bonds is 1. The summed E-state index contributed by atoms with van der Waals surface area (Å²) in [5, 5.41) is 3.86. The Morgan fingerprint density at radius 2 is 2.00 bits per heavy atom. The minimum atomic E-state index is -4.40. The molecule has 80 valence electrons. The smallest absolute Gasteiger partial charge is 0.253 e. The monoisotopic (exact) mass is 218 g/mol. The number of aromatic nitrogens is 2. The molecule has 0 saturated carbocycles. The summed E-state index contributed by atoms with van der Waals surface area (Å²) in [6, 6.07) is 4.05. The van der Waals surface area contributed by atoms with Crippen molar-refractivity contribution in [3.05, 3.63) is 30.2 Å². The second-order valence-corrected chi connectivity index (χ2v) is 3.10. The van der Waals surface area contributed by atoms with E-state index in [1.165, 1.54) is 18.3 Å². The summed E-state index contributed by atoms with van der Waals surface area (Å²) in [5.41, 5.74) is -0.116. The second kappa shape index (κ2) is 3.22. The minimum Gasteiger partial charge on any atom is -0.253 e. The molecule has 0 spiro atoms. The summed E-state index contributed by atoms with van der Waals surface area (Å²) in [6.07, 6.45) is -3.19. The van der Waals surface area contributed by atoms with Crippen molar-refractivity contribution in [2.45, 2.75) is 12.7 Å². The van der Waals surface area contributed by atoms with Crippen LogP contribution in [0.15, 0.2) is 24.4 Å². The molecule has 0 aliphatic heterocycles. The van der Waals surface area contributed by atoms with Crippen LogP contribution in [0.1, 0.15) is 0 Å². The predicted molar refractivity (Wildman–Crippen MR) is 45.7 cm³/mol. The molecular formula is C9H6F4N2. The number of fused-ring (bicyclic) bond motifs is 1. The van der Waals surface area contributed by atoms with Crippen LogP contribution in [0.2, 0.25) is 0 Å². The SMILES string of the molecule is Fc1cccc2cnn(CC(F)(F)F)c12. The molecular weight excluding hydrogens is 212 g/mol. The first kappa shape index (κ1) is 9.95. The van der Waals surface area contributed by atoms with E-state index < -0.39 is 18.5 Å². The molecule has 0 saturated heterocycles. The van der Waals surface area contributed by atoms with Crippen molar-refractivity contribution in [3.63, 3.8) is 0 Å². The Hall–Kier alpha value is -1.59. The zero-order valence-electron chi connectivity index (χ0n) is 7.42. The van der Waals surface area contributed by atoms with Crippen LogP contribution in [0.4, 0.5) is 17.6 Å². The fourth-order valence-corrected chi connectivity index (χ4v) is 1.39. The van der Waals surface area contributed by atoms with Crippen LogP contribution in [0.5, 0.6) is 0 Å². The summed E-state index contributed by atoms with van der Waals surface area (Å²) < 4.78 is 50.1. The van der Waals surface area contributed by atoms with Crippen LogP contribution in [0.3, 0.4) is 0 Å². The van der Waals surface area contributed by atoms with Gasteiger partial charge in [-0.1, -0.05) is 12.1 Å². The molecule has 0 aliphatic carbocycles. The summed E-state index contributed by atoms with van der Waals surface area (Å²) in [5.74, 6) is -0.700. The molecule has 0 radical (unpaired) electrons. The van der Waals surface area contributed by atoms with Gasteiger partial charge in [0.25, 0.3) is 0 Å². The Balaban J connectivity index is 2.53. The van der Waals surface area contributed by atoms with Crippen molar-refractivity contribution < 1.29 is 17.6 Å². The van der Waals surface area contributed by atoms with Crippen LogP contribution in [-0.2, 0) is 6.54 Å². The highest BCUT2D eigenvalue weighted by atomic mass is 19.4. The number of benzene rings is 1. The first-order valence-corrected chi connectivity index (χ1v) is 4.14. The third-order valence-electron chi connectivity index (χ3n) is 1.94. The average molecular weight is 218 g/mol. The molecule has 0 aliphatic rings. The van der Waals surface area contributed by atoms with E-state index in [0.717, 1.165) is 6.07 Å². The molecule has 1 heterocycles. The van der Waals surface area contributed by atoms with Gasteiger partial charge in [-0.25, -0.2) is 4.39 Å². The van der Waals surface area contributed by atoms with Crippen molar-refractivity contribution in [3.8, 4) is 0 Å². The summed E-state index contributed by atoms with van der Waals surface area (Å²) in [6.45, 7) is -1.28. The quantitative estimate of drug-likeness (QED) is 0.673. The van der Waals surface area contributed by atoms with E-state index in [1.54, 1.807) is 0 Å². The van der Waals surface area contributed by atoms with Crippen molar-refractivity contribution in [1.82, 2.24) is 9.78 Å². The van der Waals surface area contributed by atoms with E-state index in [1.807, 2.05) is 0 Å². The van der Waals surface area contributed by atoms with Gasteiger partial charge < -0.3 is 0 Å². The molecule has 0 fully saturated rings. The van der Waals surface area contributed by atoms with Gasteiger partial charge in [-0.3, -0.25) is 4.68 Å². The number of nitrogens with zero attached hydrogens (tertiary/aromatic N) is 2. The molecule has 0 N–H and O–H groups in total. The van der Waals surface area contributed by atoms with Gasteiger partial charge in [-0.2, -0.15) is 18.3 Å². The number of halogens is 4. The van der Waals surface area contributed by atoms with Crippen molar-refractivity contribution >= 4 is 10.9 Å². The molecule has 0 atom stereocenters. The van der Waals surface area contributed by atoms with E-state index in [2.05, 4.69) is 5.10 Å². The van der Waals surface area contributed by atoms with Crippen molar-refractivity contribution in [2.24, 2.45) is 0 Å². The molecule has 2 nitrogen and oxygen atoms in total. The lowest BCUT2D eigenvalue weighted by Crippen LogP contribution is -2.18. The maximum atomic E-state index is 13.2. The first-order chi connectivity index (χ1) is 6.97. The minimum absolute atomic E-state index is 0.116. The van der Waals surface area contributed by atoms with Crippen LogP contribution < -0.4 is 0 Å². The molecule has 6 heteroatoms. The van der Waals surface area contributed by atoms with Gasteiger partial charge in [0.05, 0.1) is 6.20 Å². The maximum absolute atomic E-state index is 13.2. The molecule has 2 aromatic rings. The molecule has 0 amide bonds. The van der Waals surface area contributed by atoms with Crippen molar-refractivity contribution in [2.75, 3.05) is 0 Å². The van der Waals surface area contributed by atoms with Gasteiger partial charge in [0, 0.05) is 5.39 Å². The largest absolute Gasteiger partial charge is 0.408 e. The van der Waals surface area contributed by atoms with E-state index in [9.17, 15) is 17.6 Å². The highest BCUT2D eigenvalue weighted by Gasteiger charge is 2.29. The van der Waals surface area contributed by atoms with E-state index >= 15 is 0 Å². The Bertz CT molecular complexity index is 486. The van der Waals surface area contributed by atoms with Crippen LogP contribution in [0, 0.1) is 5.82 Å². The zero-order chi connectivity index (χ0) is 11.1. The fourth-order valence-electron chi connectivity index (χ4n) is 1.39. The van der Waals surface area contributed by atoms with Gasteiger partial charge in [-0.15, -0.1) is 0 Å². The highest BCUT2D eigenvalue weighted by molar-refractivity contribution is 5.79. The van der Waals surface area contributed by atoms with E-state index in [-0.39, 0.29) is 5.52 Å². The Morgan fingerprint density at radius 1 is 1.27 bits per heavy atom. The molecule has 2 rings (SSSR count). The van der Waals surface area contributed by atoms with E-state index in [4.69, 9.17) is 0 Å². The van der Waals surface area contributed by atoms with Crippen molar-refractivity contribution in [1.29, 1.82) is 0 Å². The lowest BCUT2D eigenvalue weighted by Gasteiger charge is -2.07. The third kappa shape index (κ3) is 1.93. The Morgan fingerprint density at radius 3 is 2.67 bits per heavy atom. The normalized spacial score (nSPS) is 12.3. The predicted octanol–water partition coefficient (Wildman–Crippen LogP) is 2.74. The lowest BCUT2D eigenvalue weighted by atomic mass is 10.2. The van der Waals surface area contributed by atoms with Gasteiger partial charge in [0.1, 0.15) is 17.9 Å². The first-order valence-electron chi connectivity index (χ1n) is 4.14. The lowest BCUT2D eigenvalue weighted by molar-refractivity contribution is -0.141. The average Bonchev–Trinajstić information content (AvgIpc) is 2.47. The third-order valence-corrected chi connectivity index (χ3v) is 1.94. The number of hydrogen-bond acceptors (Lipinski definition) is 1. The molecule has 15 heavy (non-hydrogen) atoms. The Labute approximate surface area is 82.1 Å². The standard InChI is InChI=1S/C9H6F4N2/c10-7-3-1-2-6-4-14-15(8(6)7)5-9(11,12)13/h1-4H,5H2. The van der Waals surface area contributed by atoms with Crippen LogP contribution in [-0.4, -0.2) is 16.0 Å². The number of para-hydroxylation sites is 1. The molecule has 0 bridgehead atoms. The zero-order valence-corrected chi connectivity index (χ0v) is 7.42.